The molecule has 0 aromatic carbocycles. The van der Waals surface area contributed by atoms with Gasteiger partial charge in [0.2, 0.25) is 12.1 Å². The summed E-state index contributed by atoms with van der Waals surface area (Å²) >= 11 is 0. The van der Waals surface area contributed by atoms with Gasteiger partial charge < -0.3 is 10.4 Å². The first-order valence-electron chi connectivity index (χ1n) is 3.56. The van der Waals surface area contributed by atoms with Crippen molar-refractivity contribution in [1.82, 2.24) is 5.32 Å². The van der Waals surface area contributed by atoms with Gasteiger partial charge >= 0.3 is 5.97 Å². The first-order valence-corrected chi connectivity index (χ1v) is 3.56. The normalized spacial score (nSPS) is 14.9. The molecule has 0 fully saturated rings. The molecule has 2 unspecified atom stereocenters. The quantitative estimate of drug-likeness (QED) is 0.643. The number of halogens is 1. The van der Waals surface area contributed by atoms with Crippen molar-refractivity contribution in [2.24, 2.45) is 5.92 Å². The van der Waals surface area contributed by atoms with Crippen molar-refractivity contribution in [2.75, 3.05) is 6.54 Å². The summed E-state index contributed by atoms with van der Waals surface area (Å²) in [6.07, 6.45) is -1.92. The van der Waals surface area contributed by atoms with Crippen LogP contribution >= 0.6 is 0 Å². The van der Waals surface area contributed by atoms with Gasteiger partial charge in [-0.2, -0.15) is 0 Å². The molecular weight excluding hydrogens is 165 g/mol. The van der Waals surface area contributed by atoms with E-state index in [0.717, 1.165) is 0 Å². The lowest BCUT2D eigenvalue weighted by molar-refractivity contribution is -0.144. The molecule has 0 aliphatic carbocycles. The van der Waals surface area contributed by atoms with E-state index in [1.165, 1.54) is 13.8 Å². The van der Waals surface area contributed by atoms with Gasteiger partial charge in [-0.25, -0.2) is 9.18 Å². The zero-order valence-corrected chi connectivity index (χ0v) is 7.00. The van der Waals surface area contributed by atoms with E-state index in [9.17, 15) is 14.0 Å². The van der Waals surface area contributed by atoms with Gasteiger partial charge in [0.05, 0.1) is 0 Å². The van der Waals surface area contributed by atoms with E-state index in [0.29, 0.717) is 0 Å². The molecule has 12 heavy (non-hydrogen) atoms. The molecule has 1 amide bonds. The van der Waals surface area contributed by atoms with Gasteiger partial charge in [-0.3, -0.25) is 4.79 Å². The lowest BCUT2D eigenvalue weighted by Gasteiger charge is -2.12. The van der Waals surface area contributed by atoms with Crippen molar-refractivity contribution in [2.45, 2.75) is 20.0 Å². The van der Waals surface area contributed by atoms with Crippen molar-refractivity contribution in [3.8, 4) is 0 Å². The Morgan fingerprint density at radius 2 is 2.08 bits per heavy atom. The fourth-order valence-corrected chi connectivity index (χ4v) is 0.652. The molecule has 2 N–H and O–H groups in total. The molecule has 5 heteroatoms. The Bertz CT molecular complexity index is 183. The van der Waals surface area contributed by atoms with E-state index in [1.807, 2.05) is 0 Å². The number of carbonyl (C=O) groups excluding carboxylic acids is 1. The number of alkyl halides is 1. The first kappa shape index (κ1) is 10.9. The first-order chi connectivity index (χ1) is 5.45. The second-order valence-corrected chi connectivity index (χ2v) is 2.65. The summed E-state index contributed by atoms with van der Waals surface area (Å²) < 4.78 is 12.6. The van der Waals surface area contributed by atoms with Crippen LogP contribution in [0.5, 0.6) is 0 Å². The van der Waals surface area contributed by atoms with E-state index in [2.05, 4.69) is 5.32 Å². The number of amides is 1. The van der Waals surface area contributed by atoms with Crippen LogP contribution in [0.15, 0.2) is 0 Å². The van der Waals surface area contributed by atoms with Crippen molar-refractivity contribution >= 4 is 11.9 Å². The van der Waals surface area contributed by atoms with Gasteiger partial charge in [-0.1, -0.05) is 6.92 Å². The maximum atomic E-state index is 12.6. The summed E-state index contributed by atoms with van der Waals surface area (Å²) in [5.41, 5.74) is 0. The molecule has 70 valence electrons. The summed E-state index contributed by atoms with van der Waals surface area (Å²) in [6.45, 7) is 2.76. The summed E-state index contributed by atoms with van der Waals surface area (Å²) in [5, 5.41) is 10.6. The molecule has 0 saturated heterocycles. The predicted octanol–water partition coefficient (Wildman–Crippen LogP) is 0.181. The van der Waals surface area contributed by atoms with E-state index in [4.69, 9.17) is 5.11 Å². The van der Waals surface area contributed by atoms with Crippen LogP contribution in [0.25, 0.3) is 0 Å². The molecule has 0 bridgehead atoms. The minimum atomic E-state index is -1.92. The molecule has 0 heterocycles. The maximum absolute atomic E-state index is 12.6. The number of rotatable bonds is 4. The third kappa shape index (κ3) is 3.90. The average Bonchev–Trinajstić information content (AvgIpc) is 1.98. The Morgan fingerprint density at radius 3 is 2.42 bits per heavy atom. The number of carbonyl (C=O) groups is 2. The highest BCUT2D eigenvalue weighted by Gasteiger charge is 2.23. The second kappa shape index (κ2) is 4.69. The van der Waals surface area contributed by atoms with Crippen LogP contribution < -0.4 is 5.32 Å². The lowest BCUT2D eigenvalue weighted by Crippen LogP contribution is -2.33. The average molecular weight is 177 g/mol. The lowest BCUT2D eigenvalue weighted by atomic mass is 10.1. The van der Waals surface area contributed by atoms with Gasteiger partial charge in [0, 0.05) is 19.4 Å². The number of hydrogen-bond acceptors (Lipinski definition) is 2. The Hall–Kier alpha value is -1.13. The zero-order chi connectivity index (χ0) is 9.72. The molecule has 2 atom stereocenters. The summed E-state index contributed by atoms with van der Waals surface area (Å²) in [5.74, 6) is -2.49. The monoisotopic (exact) mass is 177 g/mol. The molecule has 0 radical (unpaired) electrons. The number of hydrogen-bond donors (Lipinski definition) is 2. The molecule has 0 spiro atoms. The van der Waals surface area contributed by atoms with Crippen molar-refractivity contribution in [1.29, 1.82) is 0 Å². The maximum Gasteiger partial charge on any atom is 0.338 e. The van der Waals surface area contributed by atoms with E-state index < -0.39 is 18.1 Å². The minimum absolute atomic E-state index is 0.0444. The van der Waals surface area contributed by atoms with E-state index in [-0.39, 0.29) is 12.5 Å². The number of carboxylic acid groups (broad SMARTS) is 1. The number of carboxylic acids is 1. The highest BCUT2D eigenvalue weighted by atomic mass is 19.1. The topological polar surface area (TPSA) is 66.4 Å². The van der Waals surface area contributed by atoms with Crippen molar-refractivity contribution < 1.29 is 19.1 Å². The summed E-state index contributed by atoms with van der Waals surface area (Å²) in [4.78, 5) is 20.5. The van der Waals surface area contributed by atoms with Gasteiger partial charge in [0.25, 0.3) is 0 Å². The van der Waals surface area contributed by atoms with Crippen LogP contribution in [0.2, 0.25) is 0 Å². The molecule has 0 aromatic heterocycles. The van der Waals surface area contributed by atoms with Gasteiger partial charge in [0.1, 0.15) is 0 Å². The van der Waals surface area contributed by atoms with Crippen molar-refractivity contribution in [3.63, 3.8) is 0 Å². The van der Waals surface area contributed by atoms with Crippen molar-refractivity contribution in [3.05, 3.63) is 0 Å². The Balaban J connectivity index is 3.79. The summed E-state index contributed by atoms with van der Waals surface area (Å²) in [7, 11) is 0. The van der Waals surface area contributed by atoms with Crippen LogP contribution in [0.1, 0.15) is 13.8 Å². The van der Waals surface area contributed by atoms with Gasteiger partial charge in [-0.05, 0) is 0 Å². The van der Waals surface area contributed by atoms with E-state index >= 15 is 0 Å². The number of aliphatic carboxylic acids is 1. The third-order valence-corrected chi connectivity index (χ3v) is 1.41. The van der Waals surface area contributed by atoms with Crippen LogP contribution in [-0.4, -0.2) is 29.7 Å². The molecule has 0 aliphatic rings. The summed E-state index contributed by atoms with van der Waals surface area (Å²) in [6, 6.07) is 0. The fourth-order valence-electron chi connectivity index (χ4n) is 0.652. The second-order valence-electron chi connectivity index (χ2n) is 2.65. The van der Waals surface area contributed by atoms with Crippen LogP contribution in [-0.2, 0) is 9.59 Å². The highest BCUT2D eigenvalue weighted by Crippen LogP contribution is 2.05. The molecular formula is C7H12FNO3. The Kier molecular flexibility index (Phi) is 4.25. The minimum Gasteiger partial charge on any atom is -0.479 e. The smallest absolute Gasteiger partial charge is 0.338 e. The molecule has 0 aliphatic heterocycles. The Morgan fingerprint density at radius 1 is 1.58 bits per heavy atom. The molecule has 0 aromatic rings. The van der Waals surface area contributed by atoms with Crippen LogP contribution in [0.4, 0.5) is 4.39 Å². The highest BCUT2D eigenvalue weighted by molar-refractivity contribution is 5.74. The van der Waals surface area contributed by atoms with Gasteiger partial charge in [0.15, 0.2) is 0 Å². The largest absolute Gasteiger partial charge is 0.479 e. The standard InChI is InChI=1S/C7H12FNO3/c1-4(3-9-5(2)10)6(8)7(11)12/h4,6H,3H2,1-2H3,(H,9,10)(H,11,12). The van der Waals surface area contributed by atoms with Gasteiger partial charge in [-0.15, -0.1) is 0 Å². The van der Waals surface area contributed by atoms with Crippen LogP contribution in [0, 0.1) is 5.92 Å². The molecule has 4 nitrogen and oxygen atoms in total. The third-order valence-electron chi connectivity index (χ3n) is 1.41. The SMILES string of the molecule is CC(=O)NCC(C)C(F)C(=O)O. The zero-order valence-electron chi connectivity index (χ0n) is 7.00. The molecule has 0 rings (SSSR count). The molecule has 0 saturated carbocycles. The predicted molar refractivity (Wildman–Crippen MR) is 40.4 cm³/mol. The Labute approximate surface area is 69.8 Å². The fraction of sp³-hybridized carbons (Fsp3) is 0.714. The number of nitrogens with one attached hydrogen (secondary N) is 1. The van der Waals surface area contributed by atoms with E-state index in [1.54, 1.807) is 0 Å². The van der Waals surface area contributed by atoms with Crippen LogP contribution in [0.3, 0.4) is 0 Å².